The molecule has 0 bridgehead atoms. The highest BCUT2D eigenvalue weighted by atomic mass is 15.0. The fraction of sp³-hybridized carbons (Fsp3) is 0. The number of fused-ring (bicyclic) bond motifs is 8. The van der Waals surface area contributed by atoms with Crippen LogP contribution in [0.5, 0.6) is 0 Å². The predicted octanol–water partition coefficient (Wildman–Crippen LogP) is 14.3. The van der Waals surface area contributed by atoms with Crippen molar-refractivity contribution in [2.75, 3.05) is 0 Å². The molecule has 9 aromatic carbocycles. The molecule has 3 nitrogen and oxygen atoms in total. The van der Waals surface area contributed by atoms with Crippen LogP contribution >= 0.6 is 0 Å². The minimum atomic E-state index is 1.11. The molecule has 0 atom stereocenters. The van der Waals surface area contributed by atoms with Gasteiger partial charge in [0.05, 0.1) is 44.8 Å². The molecule has 0 spiro atoms. The van der Waals surface area contributed by atoms with Gasteiger partial charge in [0.1, 0.15) is 0 Å². The smallest absolute Gasteiger partial charge is 0.0621 e. The number of rotatable bonds is 5. The van der Waals surface area contributed by atoms with E-state index >= 15 is 0 Å². The van der Waals surface area contributed by atoms with E-state index in [2.05, 4.69) is 226 Å². The van der Waals surface area contributed by atoms with Gasteiger partial charge in [-0.3, -0.25) is 0 Å². The highest BCUT2D eigenvalue weighted by Crippen LogP contribution is 2.45. The molecule has 57 heavy (non-hydrogen) atoms. The van der Waals surface area contributed by atoms with E-state index in [0.717, 1.165) is 17.1 Å². The summed E-state index contributed by atoms with van der Waals surface area (Å²) in [7, 11) is 0. The lowest BCUT2D eigenvalue weighted by Crippen LogP contribution is -2.04. The molecule has 12 aromatic rings. The summed E-state index contributed by atoms with van der Waals surface area (Å²) in [5.41, 5.74) is 12.9. The van der Waals surface area contributed by atoms with Gasteiger partial charge in [0.2, 0.25) is 0 Å². The van der Waals surface area contributed by atoms with Crippen LogP contribution in [0.2, 0.25) is 0 Å². The molecule has 0 aliphatic heterocycles. The molecule has 0 unspecified atom stereocenters. The second-order valence-corrected chi connectivity index (χ2v) is 14.9. The van der Waals surface area contributed by atoms with Crippen molar-refractivity contribution in [3.05, 3.63) is 212 Å². The summed E-state index contributed by atoms with van der Waals surface area (Å²) < 4.78 is 7.46. The van der Waals surface area contributed by atoms with Gasteiger partial charge in [0, 0.05) is 48.8 Å². The molecular formula is C54H35N3. The second-order valence-electron chi connectivity index (χ2n) is 14.9. The highest BCUT2D eigenvalue weighted by Gasteiger charge is 2.24. The molecule has 3 aromatic heterocycles. The zero-order valence-electron chi connectivity index (χ0n) is 31.0. The van der Waals surface area contributed by atoms with E-state index in [0.29, 0.717) is 0 Å². The third kappa shape index (κ3) is 4.66. The minimum Gasteiger partial charge on any atom is -0.309 e. The van der Waals surface area contributed by atoms with Crippen LogP contribution in [0.3, 0.4) is 0 Å². The zero-order valence-corrected chi connectivity index (χ0v) is 31.0. The Morgan fingerprint density at radius 3 is 0.982 bits per heavy atom. The Morgan fingerprint density at radius 2 is 0.561 bits per heavy atom. The molecule has 0 saturated heterocycles. The van der Waals surface area contributed by atoms with E-state index in [1.807, 2.05) is 0 Å². The number of aromatic nitrogens is 3. The maximum Gasteiger partial charge on any atom is 0.0621 e. The summed E-state index contributed by atoms with van der Waals surface area (Å²) in [6.07, 6.45) is 0. The third-order valence-electron chi connectivity index (χ3n) is 11.8. The Morgan fingerprint density at radius 1 is 0.228 bits per heavy atom. The van der Waals surface area contributed by atoms with Crippen molar-refractivity contribution in [1.82, 2.24) is 13.7 Å². The first kappa shape index (κ1) is 31.7. The molecule has 0 amide bonds. The van der Waals surface area contributed by atoms with Crippen LogP contribution in [0.15, 0.2) is 212 Å². The SMILES string of the molecule is c1ccc(-c2ccc(-c3ccccc3)n2-c2ccc3c(-n4c5ccccc5c5ccccc54)c4ccccc4c(-n4c5ccccc5c5ccccc54)c3c2)cc1. The quantitative estimate of drug-likeness (QED) is 0.157. The van der Waals surface area contributed by atoms with Gasteiger partial charge in [-0.2, -0.15) is 0 Å². The summed E-state index contributed by atoms with van der Waals surface area (Å²) in [6.45, 7) is 0. The molecular weight excluding hydrogens is 691 g/mol. The highest BCUT2D eigenvalue weighted by molar-refractivity contribution is 6.21. The van der Waals surface area contributed by atoms with Gasteiger partial charge in [-0.05, 0) is 59.7 Å². The van der Waals surface area contributed by atoms with Gasteiger partial charge in [-0.25, -0.2) is 0 Å². The predicted molar refractivity (Wildman–Crippen MR) is 240 cm³/mol. The summed E-state index contributed by atoms with van der Waals surface area (Å²) in [6, 6.07) is 77.5. The van der Waals surface area contributed by atoms with Gasteiger partial charge in [0.15, 0.2) is 0 Å². The Labute approximate surface area is 329 Å². The number of para-hydroxylation sites is 4. The number of hydrogen-bond donors (Lipinski definition) is 0. The van der Waals surface area contributed by atoms with Crippen molar-refractivity contribution in [2.24, 2.45) is 0 Å². The molecule has 0 radical (unpaired) electrons. The molecule has 0 fully saturated rings. The van der Waals surface area contributed by atoms with E-state index in [9.17, 15) is 0 Å². The Balaban J connectivity index is 1.28. The van der Waals surface area contributed by atoms with Crippen molar-refractivity contribution in [2.45, 2.75) is 0 Å². The van der Waals surface area contributed by atoms with Crippen molar-refractivity contribution >= 4 is 65.2 Å². The first-order valence-corrected chi connectivity index (χ1v) is 19.6. The first-order valence-electron chi connectivity index (χ1n) is 19.6. The standard InChI is InChI=1S/C54H35N3/c1-3-17-36(18-4-1)47-33-34-48(37-19-5-2-6-20-37)55(47)38-31-32-45-46(35-38)54(57-51-29-15-11-23-41(51)42-24-12-16-30-52(42)57)44-26-8-7-25-43(44)53(45)56-49-27-13-9-21-39(49)40-22-10-14-28-50(40)56/h1-35H. The average Bonchev–Trinajstić information content (AvgIpc) is 3.97. The van der Waals surface area contributed by atoms with Gasteiger partial charge < -0.3 is 13.7 Å². The molecule has 0 aliphatic carbocycles. The van der Waals surface area contributed by atoms with Crippen LogP contribution in [0, 0.1) is 0 Å². The van der Waals surface area contributed by atoms with Crippen molar-refractivity contribution in [3.63, 3.8) is 0 Å². The molecule has 0 N–H and O–H groups in total. The maximum absolute atomic E-state index is 2.51. The van der Waals surface area contributed by atoms with Gasteiger partial charge in [-0.15, -0.1) is 0 Å². The number of hydrogen-bond acceptors (Lipinski definition) is 0. The maximum atomic E-state index is 2.51. The van der Waals surface area contributed by atoms with Crippen LogP contribution < -0.4 is 0 Å². The summed E-state index contributed by atoms with van der Waals surface area (Å²) >= 11 is 0. The van der Waals surface area contributed by atoms with Crippen LogP contribution in [0.4, 0.5) is 0 Å². The van der Waals surface area contributed by atoms with Crippen LogP contribution in [0.1, 0.15) is 0 Å². The molecule has 0 saturated carbocycles. The van der Waals surface area contributed by atoms with Gasteiger partial charge in [-0.1, -0.05) is 164 Å². The van der Waals surface area contributed by atoms with E-state index < -0.39 is 0 Å². The summed E-state index contributed by atoms with van der Waals surface area (Å²) in [5.74, 6) is 0. The first-order chi connectivity index (χ1) is 28.3. The molecule has 12 rings (SSSR count). The van der Waals surface area contributed by atoms with Crippen LogP contribution in [-0.2, 0) is 0 Å². The zero-order chi connectivity index (χ0) is 37.5. The van der Waals surface area contributed by atoms with E-state index in [-0.39, 0.29) is 0 Å². The lowest BCUT2D eigenvalue weighted by molar-refractivity contribution is 1.10. The monoisotopic (exact) mass is 725 g/mol. The Kier molecular flexibility index (Phi) is 6.93. The van der Waals surface area contributed by atoms with E-state index in [4.69, 9.17) is 0 Å². The summed E-state index contributed by atoms with van der Waals surface area (Å²) in [5, 5.41) is 9.77. The lowest BCUT2D eigenvalue weighted by atomic mass is 9.96. The fourth-order valence-electron chi connectivity index (χ4n) is 9.45. The van der Waals surface area contributed by atoms with Crippen molar-refractivity contribution < 1.29 is 0 Å². The number of nitrogens with zero attached hydrogens (tertiary/aromatic N) is 3. The molecule has 0 aliphatic rings. The minimum absolute atomic E-state index is 1.11. The topological polar surface area (TPSA) is 14.8 Å². The third-order valence-corrected chi connectivity index (χ3v) is 11.8. The Hall–Kier alpha value is -7.62. The molecule has 3 heterocycles. The molecule has 266 valence electrons. The molecule has 3 heteroatoms. The largest absolute Gasteiger partial charge is 0.309 e. The average molecular weight is 726 g/mol. The van der Waals surface area contributed by atoms with Gasteiger partial charge in [0.25, 0.3) is 0 Å². The summed E-state index contributed by atoms with van der Waals surface area (Å²) in [4.78, 5) is 0. The van der Waals surface area contributed by atoms with Crippen molar-refractivity contribution in [3.8, 4) is 39.6 Å². The second kappa shape index (κ2) is 12.5. The normalized spacial score (nSPS) is 11.9. The Bertz CT molecular complexity index is 3350. The van der Waals surface area contributed by atoms with Crippen LogP contribution in [0.25, 0.3) is 105 Å². The van der Waals surface area contributed by atoms with Crippen LogP contribution in [-0.4, -0.2) is 13.7 Å². The van der Waals surface area contributed by atoms with Gasteiger partial charge >= 0.3 is 0 Å². The van der Waals surface area contributed by atoms with E-state index in [1.165, 1.54) is 87.7 Å². The van der Waals surface area contributed by atoms with Crippen molar-refractivity contribution in [1.29, 1.82) is 0 Å². The lowest BCUT2D eigenvalue weighted by Gasteiger charge is -2.22. The van der Waals surface area contributed by atoms with E-state index in [1.54, 1.807) is 0 Å². The number of benzene rings is 9. The fourth-order valence-corrected chi connectivity index (χ4v) is 9.45.